The molecule has 0 aliphatic carbocycles. The number of nitrogens with one attached hydrogen (secondary N) is 1. The van der Waals surface area contributed by atoms with Gasteiger partial charge in [0.25, 0.3) is 0 Å². The smallest absolute Gasteiger partial charge is 0.204 e. The van der Waals surface area contributed by atoms with E-state index in [9.17, 15) is 0 Å². The summed E-state index contributed by atoms with van der Waals surface area (Å²) in [5, 5.41) is 14.5. The molecule has 2 aromatic carbocycles. The number of nitrogens with zero attached hydrogens (tertiary/aromatic N) is 3. The van der Waals surface area contributed by atoms with Crippen LogP contribution < -0.4 is 9.47 Å². The summed E-state index contributed by atoms with van der Waals surface area (Å²) in [7, 11) is 1.58. The lowest BCUT2D eigenvalue weighted by molar-refractivity contribution is 0.284. The number of aromatic amines is 1. The maximum Gasteiger partial charge on any atom is 0.204 e. The third-order valence-corrected chi connectivity index (χ3v) is 3.48. The lowest BCUT2D eigenvalue weighted by atomic mass is 10.2. The van der Waals surface area contributed by atoms with Gasteiger partial charge in [0.15, 0.2) is 11.5 Å². The molecule has 1 N–H and O–H groups in total. The average molecular weight is 317 g/mol. The molecule has 1 heterocycles. The molecule has 0 aliphatic rings. The molecule has 6 nitrogen and oxygen atoms in total. The van der Waals surface area contributed by atoms with Crippen LogP contribution in [0.3, 0.4) is 0 Å². The lowest BCUT2D eigenvalue weighted by Crippen LogP contribution is -1.98. The molecule has 0 unspecified atom stereocenters. The maximum atomic E-state index is 6.12. The van der Waals surface area contributed by atoms with Gasteiger partial charge in [-0.1, -0.05) is 29.8 Å². The number of tetrazole rings is 1. The van der Waals surface area contributed by atoms with Gasteiger partial charge >= 0.3 is 0 Å². The van der Waals surface area contributed by atoms with Crippen LogP contribution in [0.5, 0.6) is 11.5 Å². The van der Waals surface area contributed by atoms with E-state index < -0.39 is 0 Å². The fourth-order valence-electron chi connectivity index (χ4n) is 1.98. The minimum Gasteiger partial charge on any atom is -0.493 e. The Hall–Kier alpha value is -2.60. The Balaban J connectivity index is 1.81. The first-order valence-corrected chi connectivity index (χ1v) is 6.94. The predicted molar refractivity (Wildman–Crippen MR) is 81.9 cm³/mol. The second-order valence-corrected chi connectivity index (χ2v) is 4.89. The average Bonchev–Trinajstić information content (AvgIpc) is 3.08. The van der Waals surface area contributed by atoms with Crippen molar-refractivity contribution in [1.29, 1.82) is 0 Å². The number of H-pyrrole nitrogens is 1. The highest BCUT2D eigenvalue weighted by atomic mass is 35.5. The number of benzene rings is 2. The molecular weight excluding hydrogens is 304 g/mol. The first-order valence-electron chi connectivity index (χ1n) is 6.56. The summed E-state index contributed by atoms with van der Waals surface area (Å²) < 4.78 is 11.2. The van der Waals surface area contributed by atoms with Crippen LogP contribution in [0.2, 0.25) is 5.02 Å². The fourth-order valence-corrected chi connectivity index (χ4v) is 2.17. The van der Waals surface area contributed by atoms with E-state index in [-0.39, 0.29) is 0 Å². The third-order valence-electron chi connectivity index (χ3n) is 3.11. The second kappa shape index (κ2) is 6.44. The van der Waals surface area contributed by atoms with Gasteiger partial charge in [-0.3, -0.25) is 0 Å². The normalized spacial score (nSPS) is 10.5. The predicted octanol–water partition coefficient (Wildman–Crippen LogP) is 3.11. The molecule has 0 bridgehead atoms. The Morgan fingerprint density at radius 1 is 1.14 bits per heavy atom. The standard InChI is InChI=1S/C15H13ClN4O2/c1-21-14-8-10(15-17-19-20-18-15)6-7-13(14)22-9-11-4-2-3-5-12(11)16/h2-8H,9H2,1H3,(H,17,18,19,20). The van der Waals surface area contributed by atoms with E-state index in [1.165, 1.54) is 0 Å². The van der Waals surface area contributed by atoms with Crippen molar-refractivity contribution in [3.05, 3.63) is 53.1 Å². The number of hydrogen-bond donors (Lipinski definition) is 1. The van der Waals surface area contributed by atoms with Gasteiger partial charge in [0.1, 0.15) is 6.61 Å². The quantitative estimate of drug-likeness (QED) is 0.783. The first kappa shape index (κ1) is 14.3. The molecule has 0 saturated carbocycles. The molecule has 7 heteroatoms. The van der Waals surface area contributed by atoms with E-state index in [4.69, 9.17) is 21.1 Å². The van der Waals surface area contributed by atoms with Crippen molar-refractivity contribution in [2.24, 2.45) is 0 Å². The van der Waals surface area contributed by atoms with E-state index in [2.05, 4.69) is 20.6 Å². The molecule has 0 amide bonds. The minimum absolute atomic E-state index is 0.359. The van der Waals surface area contributed by atoms with Crippen LogP contribution in [0, 0.1) is 0 Å². The van der Waals surface area contributed by atoms with Crippen molar-refractivity contribution in [1.82, 2.24) is 20.6 Å². The molecule has 0 saturated heterocycles. The summed E-state index contributed by atoms with van der Waals surface area (Å²) in [5.41, 5.74) is 1.70. The highest BCUT2D eigenvalue weighted by molar-refractivity contribution is 6.31. The summed E-state index contributed by atoms with van der Waals surface area (Å²) >= 11 is 6.12. The third kappa shape index (κ3) is 3.01. The van der Waals surface area contributed by atoms with E-state index in [1.807, 2.05) is 30.3 Å². The summed E-state index contributed by atoms with van der Waals surface area (Å²) in [5.74, 6) is 1.71. The Morgan fingerprint density at radius 3 is 2.73 bits per heavy atom. The molecule has 0 aliphatic heterocycles. The fraction of sp³-hybridized carbons (Fsp3) is 0.133. The summed E-state index contributed by atoms with van der Waals surface area (Å²) in [6, 6.07) is 13.0. The van der Waals surface area contributed by atoms with Gasteiger partial charge in [-0.05, 0) is 29.5 Å². The van der Waals surface area contributed by atoms with E-state index in [1.54, 1.807) is 19.2 Å². The highest BCUT2D eigenvalue weighted by Crippen LogP contribution is 2.32. The van der Waals surface area contributed by atoms with Crippen molar-refractivity contribution < 1.29 is 9.47 Å². The Morgan fingerprint density at radius 2 is 2.00 bits per heavy atom. The van der Waals surface area contributed by atoms with Crippen LogP contribution in [0.1, 0.15) is 5.56 Å². The highest BCUT2D eigenvalue weighted by Gasteiger charge is 2.10. The van der Waals surface area contributed by atoms with Gasteiger partial charge in [-0.2, -0.15) is 5.21 Å². The molecule has 3 rings (SSSR count). The number of methoxy groups -OCH3 is 1. The molecule has 0 fully saturated rings. The van der Waals surface area contributed by atoms with Gasteiger partial charge in [-0.25, -0.2) is 0 Å². The van der Waals surface area contributed by atoms with Crippen molar-refractivity contribution in [3.8, 4) is 22.9 Å². The van der Waals surface area contributed by atoms with Gasteiger partial charge in [0.05, 0.1) is 7.11 Å². The number of aromatic nitrogens is 4. The van der Waals surface area contributed by atoms with Crippen LogP contribution >= 0.6 is 11.6 Å². The number of halogens is 1. The van der Waals surface area contributed by atoms with E-state index >= 15 is 0 Å². The number of rotatable bonds is 5. The zero-order valence-electron chi connectivity index (χ0n) is 11.8. The number of ether oxygens (including phenoxy) is 2. The molecule has 0 atom stereocenters. The Labute approximate surface area is 132 Å². The second-order valence-electron chi connectivity index (χ2n) is 4.48. The zero-order chi connectivity index (χ0) is 15.4. The topological polar surface area (TPSA) is 72.9 Å². The van der Waals surface area contributed by atoms with Crippen LogP contribution in [-0.2, 0) is 6.61 Å². The SMILES string of the molecule is COc1cc(-c2nn[nH]n2)ccc1OCc1ccccc1Cl. The van der Waals surface area contributed by atoms with Gasteiger partial charge in [0.2, 0.25) is 5.82 Å². The van der Waals surface area contributed by atoms with Crippen LogP contribution in [0.15, 0.2) is 42.5 Å². The Bertz CT molecular complexity index is 762. The van der Waals surface area contributed by atoms with Gasteiger partial charge < -0.3 is 9.47 Å². The molecule has 112 valence electrons. The number of hydrogen-bond acceptors (Lipinski definition) is 5. The first-order chi connectivity index (χ1) is 10.8. The van der Waals surface area contributed by atoms with Crippen molar-refractivity contribution in [3.63, 3.8) is 0 Å². The van der Waals surface area contributed by atoms with Crippen molar-refractivity contribution >= 4 is 11.6 Å². The molecule has 3 aromatic rings. The Kier molecular flexibility index (Phi) is 4.20. The van der Waals surface area contributed by atoms with Crippen LogP contribution in [0.25, 0.3) is 11.4 Å². The van der Waals surface area contributed by atoms with Gasteiger partial charge in [-0.15, -0.1) is 10.2 Å². The molecule has 0 radical (unpaired) electrons. The van der Waals surface area contributed by atoms with E-state index in [0.717, 1.165) is 11.1 Å². The summed E-state index contributed by atoms with van der Waals surface area (Å²) in [4.78, 5) is 0. The largest absolute Gasteiger partial charge is 0.493 e. The summed E-state index contributed by atoms with van der Waals surface area (Å²) in [6.07, 6.45) is 0. The summed E-state index contributed by atoms with van der Waals surface area (Å²) in [6.45, 7) is 0.359. The van der Waals surface area contributed by atoms with E-state index in [0.29, 0.717) is 29.0 Å². The molecular formula is C15H13ClN4O2. The lowest BCUT2D eigenvalue weighted by Gasteiger charge is -2.12. The zero-order valence-corrected chi connectivity index (χ0v) is 12.5. The molecule has 0 spiro atoms. The van der Waals surface area contributed by atoms with Gasteiger partial charge in [0, 0.05) is 16.1 Å². The van der Waals surface area contributed by atoms with Crippen molar-refractivity contribution in [2.75, 3.05) is 7.11 Å². The molecule has 1 aromatic heterocycles. The van der Waals surface area contributed by atoms with Crippen LogP contribution in [-0.4, -0.2) is 27.7 Å². The van der Waals surface area contributed by atoms with Crippen LogP contribution in [0.4, 0.5) is 0 Å². The molecule has 22 heavy (non-hydrogen) atoms. The maximum absolute atomic E-state index is 6.12. The monoisotopic (exact) mass is 316 g/mol. The van der Waals surface area contributed by atoms with Crippen molar-refractivity contribution in [2.45, 2.75) is 6.61 Å². The minimum atomic E-state index is 0.359.